The highest BCUT2D eigenvalue weighted by Crippen LogP contribution is 2.52. The molecule has 4 aliphatic heterocycles. The van der Waals surface area contributed by atoms with Crippen molar-refractivity contribution in [1.29, 1.82) is 0 Å². The first-order chi connectivity index (χ1) is 29.6. The molecule has 62 heavy (non-hydrogen) atoms. The van der Waals surface area contributed by atoms with Crippen LogP contribution in [-0.4, -0.2) is 92.1 Å². The number of likely N-dealkylation sites (tertiary alicyclic amines) is 2. The van der Waals surface area contributed by atoms with Crippen molar-refractivity contribution in [3.05, 3.63) is 57.3 Å². The number of carbonyl (C=O) groups excluding carboxylic acids is 4. The molecular formula is C44H52Cl2N8O8. The summed E-state index contributed by atoms with van der Waals surface area (Å²) in [6, 6.07) is 5.41. The van der Waals surface area contributed by atoms with Gasteiger partial charge in [-0.2, -0.15) is 0 Å². The van der Waals surface area contributed by atoms with E-state index in [1.54, 1.807) is 9.80 Å². The molecule has 0 bridgehead atoms. The molecule has 8 rings (SSSR count). The summed E-state index contributed by atoms with van der Waals surface area (Å²) in [6.45, 7) is 12.0. The van der Waals surface area contributed by atoms with Crippen LogP contribution >= 0.6 is 23.2 Å². The normalized spacial score (nSPS) is 21.0. The van der Waals surface area contributed by atoms with Crippen molar-refractivity contribution >= 4 is 47.2 Å². The Balaban J connectivity index is 1.06. The van der Waals surface area contributed by atoms with Crippen LogP contribution in [0.15, 0.2) is 24.3 Å². The summed E-state index contributed by atoms with van der Waals surface area (Å²) in [5, 5.41) is 6.07. The number of carbonyl (C=O) groups is 4. The first kappa shape index (κ1) is 43.2. The molecule has 0 aliphatic carbocycles. The predicted octanol–water partition coefficient (Wildman–Crippen LogP) is 8.09. The molecule has 4 aliphatic rings. The molecule has 0 saturated carbocycles. The number of aromatic amines is 2. The van der Waals surface area contributed by atoms with Crippen molar-refractivity contribution in [1.82, 2.24) is 40.4 Å². The van der Waals surface area contributed by atoms with Crippen LogP contribution in [0.1, 0.15) is 102 Å². The number of halogens is 2. The number of nitrogens with zero attached hydrogens (tertiary/aromatic N) is 4. The lowest BCUT2D eigenvalue weighted by Crippen LogP contribution is -2.52. The highest BCUT2D eigenvalue weighted by atomic mass is 35.5. The lowest BCUT2D eigenvalue weighted by atomic mass is 9.87. The van der Waals surface area contributed by atoms with Crippen molar-refractivity contribution < 1.29 is 38.1 Å². The van der Waals surface area contributed by atoms with Gasteiger partial charge in [0.15, 0.2) is 0 Å². The van der Waals surface area contributed by atoms with Crippen molar-refractivity contribution in [3.63, 3.8) is 0 Å². The number of ether oxygens (including phenoxy) is 4. The molecule has 2 aromatic heterocycles. The van der Waals surface area contributed by atoms with Gasteiger partial charge in [0.05, 0.1) is 26.3 Å². The molecule has 2 aromatic carbocycles. The summed E-state index contributed by atoms with van der Waals surface area (Å²) in [5.74, 6) is 1.69. The van der Waals surface area contributed by atoms with Gasteiger partial charge in [0.2, 0.25) is 11.8 Å². The van der Waals surface area contributed by atoms with E-state index in [0.29, 0.717) is 57.7 Å². The smallest absolute Gasteiger partial charge is 0.407 e. The molecule has 4 aromatic rings. The van der Waals surface area contributed by atoms with E-state index in [0.717, 1.165) is 46.2 Å². The molecule has 2 fully saturated rings. The lowest BCUT2D eigenvalue weighted by molar-refractivity contribution is -0.138. The third kappa shape index (κ3) is 7.69. The van der Waals surface area contributed by atoms with Gasteiger partial charge in [0.1, 0.15) is 70.1 Å². The molecule has 16 nitrogen and oxygen atoms in total. The third-order valence-corrected chi connectivity index (χ3v) is 13.1. The summed E-state index contributed by atoms with van der Waals surface area (Å²) in [5.41, 5.74) is 6.18. The maximum Gasteiger partial charge on any atom is 0.407 e. The van der Waals surface area contributed by atoms with Gasteiger partial charge in [-0.25, -0.2) is 19.6 Å². The second kappa shape index (κ2) is 17.0. The number of hydrogen-bond donors (Lipinski definition) is 4. The minimum atomic E-state index is -0.773. The number of amides is 4. The molecule has 4 N–H and O–H groups in total. The average Bonchev–Trinajstić information content (AvgIpc) is 4.04. The quantitative estimate of drug-likeness (QED) is 0.121. The van der Waals surface area contributed by atoms with E-state index in [1.807, 2.05) is 65.8 Å². The summed E-state index contributed by atoms with van der Waals surface area (Å²) in [7, 11) is 2.55. The number of H-pyrrole nitrogens is 2. The number of rotatable bonds is 10. The molecule has 2 saturated heterocycles. The Morgan fingerprint density at radius 1 is 0.677 bits per heavy atom. The van der Waals surface area contributed by atoms with E-state index in [2.05, 4.69) is 20.6 Å². The van der Waals surface area contributed by atoms with Gasteiger partial charge in [-0.3, -0.25) is 9.59 Å². The number of hydrogen-bond acceptors (Lipinski definition) is 10. The third-order valence-electron chi connectivity index (χ3n) is 12.5. The van der Waals surface area contributed by atoms with Crippen LogP contribution in [0.4, 0.5) is 9.59 Å². The molecule has 4 amide bonds. The van der Waals surface area contributed by atoms with Crippen molar-refractivity contribution in [2.24, 2.45) is 11.8 Å². The molecular weight excluding hydrogens is 839 g/mol. The van der Waals surface area contributed by atoms with E-state index < -0.39 is 24.3 Å². The highest BCUT2D eigenvalue weighted by Gasteiger charge is 2.43. The van der Waals surface area contributed by atoms with Gasteiger partial charge in [-0.05, 0) is 75.6 Å². The van der Waals surface area contributed by atoms with Crippen LogP contribution in [0.2, 0.25) is 10.3 Å². The number of benzene rings is 2. The Morgan fingerprint density at radius 2 is 1.06 bits per heavy atom. The van der Waals surface area contributed by atoms with E-state index in [9.17, 15) is 19.2 Å². The van der Waals surface area contributed by atoms with Gasteiger partial charge >= 0.3 is 12.2 Å². The minimum absolute atomic E-state index is 0.0850. The molecule has 0 unspecified atom stereocenters. The second-order valence-corrected chi connectivity index (χ2v) is 18.0. The number of imidazole rings is 2. The Hall–Kier alpha value is -5.48. The summed E-state index contributed by atoms with van der Waals surface area (Å²) >= 11 is 13.8. The monoisotopic (exact) mass is 890 g/mol. The molecule has 0 spiro atoms. The number of aromatic nitrogens is 4. The van der Waals surface area contributed by atoms with Gasteiger partial charge in [-0.15, -0.1) is 0 Å². The van der Waals surface area contributed by atoms with E-state index in [-0.39, 0.29) is 61.0 Å². The average molecular weight is 892 g/mol. The Kier molecular flexibility index (Phi) is 11.8. The summed E-state index contributed by atoms with van der Waals surface area (Å²) in [4.78, 5) is 72.2. The zero-order chi connectivity index (χ0) is 44.3. The maximum absolute atomic E-state index is 13.9. The van der Waals surface area contributed by atoms with Gasteiger partial charge in [-0.1, -0.05) is 50.9 Å². The van der Waals surface area contributed by atoms with E-state index >= 15 is 0 Å². The van der Waals surface area contributed by atoms with Crippen LogP contribution in [-0.2, 0) is 32.3 Å². The van der Waals surface area contributed by atoms with Gasteiger partial charge in [0.25, 0.3) is 0 Å². The highest BCUT2D eigenvalue weighted by molar-refractivity contribution is 6.32. The van der Waals surface area contributed by atoms with Crippen molar-refractivity contribution in [3.8, 4) is 45.1 Å². The SMILES string of the molecule is COC(=O)N[C@H](C(=O)N1[C@@H](C)CC[C@H]1c1nc(-c2cc3c4c(c2)OCc2cc(-c5nc([C@@H]6CC[C@H](C)N6C(=O)[C@@H](NC(=O)OC)C(C)C)[nH]c5Cl)cc(c2-4)OC3)c(Cl)[nH]1)C(C)C. The number of alkyl carbamates (subject to hydrolysis) is 2. The standard InChI is InChI=1S/C44H52Cl2N8O8/c1-19(2)33(49-43(57)59-7)41(55)53-21(5)9-11-27(53)39-47-35(37(45)51-39)23-13-25-17-62-30-16-24(14-26-18-61-29(15-23)31(25)32(26)30)36-38(46)52-40(48-36)28-12-10-22(6)54(28)42(56)34(20(3)4)50-44(58)60-8/h13-16,19-22,27-28,33-34H,9-12,17-18H2,1-8H3,(H,47,51)(H,48,52)(H,49,57)(H,50,58)/t21-,22-,27-,28-,33-,34-/m0/s1. The Bertz CT molecular complexity index is 2220. The molecule has 0 radical (unpaired) electrons. The number of methoxy groups -OCH3 is 2. The Labute approximate surface area is 369 Å². The van der Waals surface area contributed by atoms with E-state index in [4.69, 9.17) is 52.1 Å². The van der Waals surface area contributed by atoms with E-state index in [1.165, 1.54) is 14.2 Å². The van der Waals surface area contributed by atoms with Crippen LogP contribution in [0, 0.1) is 11.8 Å². The Morgan fingerprint density at radius 3 is 1.42 bits per heavy atom. The predicted molar refractivity (Wildman–Crippen MR) is 231 cm³/mol. The zero-order valence-electron chi connectivity index (χ0n) is 36.0. The largest absolute Gasteiger partial charge is 0.488 e. The van der Waals surface area contributed by atoms with Crippen LogP contribution in [0.3, 0.4) is 0 Å². The summed E-state index contributed by atoms with van der Waals surface area (Å²) < 4.78 is 22.5. The van der Waals surface area contributed by atoms with Gasteiger partial charge < -0.3 is 49.3 Å². The summed E-state index contributed by atoms with van der Waals surface area (Å²) in [6.07, 6.45) is 1.53. The van der Waals surface area contributed by atoms with Crippen LogP contribution < -0.4 is 20.1 Å². The fourth-order valence-electron chi connectivity index (χ4n) is 9.36. The first-order valence-corrected chi connectivity index (χ1v) is 21.8. The molecule has 6 atom stereocenters. The van der Waals surface area contributed by atoms with Crippen LogP contribution in [0.5, 0.6) is 11.5 Å². The first-order valence-electron chi connectivity index (χ1n) is 21.0. The lowest BCUT2D eigenvalue weighted by Gasteiger charge is -2.33. The molecule has 6 heterocycles. The van der Waals surface area contributed by atoms with Crippen molar-refractivity contribution in [2.75, 3.05) is 14.2 Å². The molecule has 330 valence electrons. The number of nitrogens with one attached hydrogen (secondary N) is 4. The zero-order valence-corrected chi connectivity index (χ0v) is 37.5. The second-order valence-electron chi connectivity index (χ2n) is 17.3. The fraction of sp³-hybridized carbons (Fsp3) is 0.500. The molecule has 18 heteroatoms. The van der Waals surface area contributed by atoms with Gasteiger partial charge in [0, 0.05) is 45.5 Å². The minimum Gasteiger partial charge on any atom is -0.488 e. The topological polar surface area (TPSA) is 193 Å². The maximum atomic E-state index is 13.9. The van der Waals surface area contributed by atoms with Crippen molar-refractivity contribution in [2.45, 2.75) is 117 Å². The fourth-order valence-corrected chi connectivity index (χ4v) is 9.85. The van der Waals surface area contributed by atoms with Crippen LogP contribution in [0.25, 0.3) is 33.6 Å².